The average Bonchev–Trinajstić information content (AvgIpc) is 3.55. The van der Waals surface area contributed by atoms with Gasteiger partial charge in [0.25, 0.3) is 11.8 Å². The van der Waals surface area contributed by atoms with Gasteiger partial charge in [-0.15, -0.1) is 13.2 Å². The molecule has 10 heteroatoms. The summed E-state index contributed by atoms with van der Waals surface area (Å²) in [6, 6.07) is -0.727. The molecular weight excluding hydrogens is 504 g/mol. The molecule has 0 aromatic carbocycles. The van der Waals surface area contributed by atoms with Crippen molar-refractivity contribution in [3.8, 4) is 0 Å². The number of nitrogens with zero attached hydrogens (tertiary/aromatic N) is 2. The van der Waals surface area contributed by atoms with Crippen LogP contribution in [0.2, 0.25) is 0 Å². The fourth-order valence-corrected chi connectivity index (χ4v) is 4.95. The lowest BCUT2D eigenvalue weighted by molar-refractivity contribution is -0.147. The van der Waals surface area contributed by atoms with Crippen LogP contribution in [0.4, 0.5) is 9.59 Å². The second kappa shape index (κ2) is 12.9. The number of ether oxygens (including phenoxy) is 4. The zero-order valence-corrected chi connectivity index (χ0v) is 23.9. The third kappa shape index (κ3) is 7.36. The van der Waals surface area contributed by atoms with Crippen molar-refractivity contribution in [3.63, 3.8) is 0 Å². The van der Waals surface area contributed by atoms with Crippen LogP contribution >= 0.6 is 0 Å². The standard InChI is InChI=1S/C29H42N2O8/c1-16(2)11-24(26(32)30-22(18(5)6)14-36-28(30)34)38-20-9-10-21(13-20)39-25(12-17(3)4)27(33)31-23(19(7)8)15-37-29(31)35/h9-10,18-25H,1,3,11-15H2,2,4-8H3/t20-,21+,22-,23-,24-,25-/m1/s1. The van der Waals surface area contributed by atoms with E-state index in [0.29, 0.717) is 6.42 Å². The highest BCUT2D eigenvalue weighted by molar-refractivity contribution is 5.96. The summed E-state index contributed by atoms with van der Waals surface area (Å²) in [5.41, 5.74) is 1.47. The maximum Gasteiger partial charge on any atom is 0.417 e. The van der Waals surface area contributed by atoms with Crippen LogP contribution < -0.4 is 0 Å². The van der Waals surface area contributed by atoms with Crippen LogP contribution in [0, 0.1) is 11.8 Å². The number of cyclic esters (lactones) is 2. The van der Waals surface area contributed by atoms with E-state index in [1.807, 2.05) is 27.7 Å². The van der Waals surface area contributed by atoms with E-state index in [4.69, 9.17) is 18.9 Å². The van der Waals surface area contributed by atoms with E-state index in [-0.39, 0.29) is 50.0 Å². The Labute approximate surface area is 230 Å². The van der Waals surface area contributed by atoms with E-state index >= 15 is 0 Å². The second-order valence-corrected chi connectivity index (χ2v) is 11.5. The van der Waals surface area contributed by atoms with Crippen molar-refractivity contribution in [1.82, 2.24) is 9.80 Å². The molecule has 0 N–H and O–H groups in total. The summed E-state index contributed by atoms with van der Waals surface area (Å²) < 4.78 is 22.7. The van der Waals surface area contributed by atoms with Crippen molar-refractivity contribution in [2.45, 2.75) is 97.3 Å². The van der Waals surface area contributed by atoms with Gasteiger partial charge in [0, 0.05) is 19.3 Å². The van der Waals surface area contributed by atoms with Crippen molar-refractivity contribution >= 4 is 24.0 Å². The number of hydrogen-bond donors (Lipinski definition) is 0. The number of imide groups is 2. The molecule has 0 spiro atoms. The Balaban J connectivity index is 1.69. The van der Waals surface area contributed by atoms with Crippen LogP contribution in [-0.4, -0.2) is 83.5 Å². The molecule has 2 fully saturated rings. The van der Waals surface area contributed by atoms with Gasteiger partial charge in [-0.25, -0.2) is 19.4 Å². The Morgan fingerprint density at radius 2 is 1.18 bits per heavy atom. The number of carbonyl (C=O) groups excluding carboxylic acids is 4. The lowest BCUT2D eigenvalue weighted by Crippen LogP contribution is -2.48. The van der Waals surface area contributed by atoms with Crippen LogP contribution in [0.25, 0.3) is 0 Å². The van der Waals surface area contributed by atoms with Gasteiger partial charge in [0.2, 0.25) is 0 Å². The first-order valence-electron chi connectivity index (χ1n) is 13.6. The molecular formula is C29H42N2O8. The summed E-state index contributed by atoms with van der Waals surface area (Å²) in [5, 5.41) is 0. The second-order valence-electron chi connectivity index (χ2n) is 11.5. The molecule has 0 saturated carbocycles. The minimum absolute atomic E-state index is 0.0287. The van der Waals surface area contributed by atoms with Gasteiger partial charge < -0.3 is 18.9 Å². The van der Waals surface area contributed by atoms with Crippen LogP contribution in [0.3, 0.4) is 0 Å². The van der Waals surface area contributed by atoms with Gasteiger partial charge in [0.1, 0.15) is 25.4 Å². The lowest BCUT2D eigenvalue weighted by atomic mass is 10.0. The van der Waals surface area contributed by atoms with E-state index in [1.165, 1.54) is 0 Å². The summed E-state index contributed by atoms with van der Waals surface area (Å²) in [4.78, 5) is 53.9. The van der Waals surface area contributed by atoms with Crippen molar-refractivity contribution in [2.75, 3.05) is 13.2 Å². The lowest BCUT2D eigenvalue weighted by Gasteiger charge is -2.29. The normalized spacial score (nSPS) is 26.3. The van der Waals surface area contributed by atoms with Gasteiger partial charge >= 0.3 is 12.2 Å². The number of amides is 4. The number of rotatable bonds is 12. The third-order valence-electron chi connectivity index (χ3n) is 7.13. The van der Waals surface area contributed by atoms with E-state index in [2.05, 4.69) is 13.2 Å². The Morgan fingerprint density at radius 3 is 1.49 bits per heavy atom. The Kier molecular flexibility index (Phi) is 10.1. The fraction of sp³-hybridized carbons (Fsp3) is 0.655. The molecule has 0 unspecified atom stereocenters. The van der Waals surface area contributed by atoms with Gasteiger partial charge in [-0.05, 0) is 25.7 Å². The van der Waals surface area contributed by atoms with E-state index in [9.17, 15) is 19.2 Å². The van der Waals surface area contributed by atoms with E-state index in [0.717, 1.165) is 20.9 Å². The van der Waals surface area contributed by atoms with Gasteiger partial charge in [-0.2, -0.15) is 0 Å². The monoisotopic (exact) mass is 546 g/mol. The van der Waals surface area contributed by atoms with E-state index < -0.39 is 48.4 Å². The first-order chi connectivity index (χ1) is 18.3. The molecule has 0 radical (unpaired) electrons. The Bertz CT molecular complexity index is 941. The van der Waals surface area contributed by atoms with Crippen LogP contribution in [0.5, 0.6) is 0 Å². The first kappa shape index (κ1) is 30.6. The summed E-state index contributed by atoms with van der Waals surface area (Å²) >= 11 is 0. The van der Waals surface area contributed by atoms with Crippen molar-refractivity contribution in [3.05, 3.63) is 36.5 Å². The maximum absolute atomic E-state index is 13.4. The molecule has 4 amide bonds. The molecule has 216 valence electrons. The van der Waals surface area contributed by atoms with Crippen LogP contribution in [0.15, 0.2) is 36.5 Å². The van der Waals surface area contributed by atoms with Crippen molar-refractivity contribution in [2.24, 2.45) is 11.8 Å². The first-order valence-corrected chi connectivity index (χ1v) is 13.6. The highest BCUT2D eigenvalue weighted by Gasteiger charge is 2.45. The Hall–Kier alpha value is -2.98. The molecule has 6 atom stereocenters. The fourth-order valence-electron chi connectivity index (χ4n) is 4.95. The average molecular weight is 547 g/mol. The molecule has 39 heavy (non-hydrogen) atoms. The highest BCUT2D eigenvalue weighted by Crippen LogP contribution is 2.28. The summed E-state index contributed by atoms with van der Waals surface area (Å²) in [7, 11) is 0. The molecule has 1 aliphatic carbocycles. The van der Waals surface area contributed by atoms with E-state index in [1.54, 1.807) is 26.0 Å². The minimum Gasteiger partial charge on any atom is -0.447 e. The van der Waals surface area contributed by atoms with Gasteiger partial charge in [0.15, 0.2) is 0 Å². The van der Waals surface area contributed by atoms with Crippen molar-refractivity contribution < 1.29 is 38.1 Å². The van der Waals surface area contributed by atoms with Crippen molar-refractivity contribution in [1.29, 1.82) is 0 Å². The zero-order chi connectivity index (χ0) is 29.0. The summed E-state index contributed by atoms with van der Waals surface area (Å²) in [5.74, 6) is -0.860. The zero-order valence-electron chi connectivity index (χ0n) is 23.9. The number of carbonyl (C=O) groups is 4. The van der Waals surface area contributed by atoms with Crippen LogP contribution in [-0.2, 0) is 28.5 Å². The van der Waals surface area contributed by atoms with Gasteiger partial charge in [-0.3, -0.25) is 9.59 Å². The quantitative estimate of drug-likeness (QED) is 0.331. The Morgan fingerprint density at radius 1 is 0.821 bits per heavy atom. The maximum atomic E-state index is 13.4. The predicted octanol–water partition coefficient (Wildman–Crippen LogP) is 4.39. The molecule has 2 saturated heterocycles. The highest BCUT2D eigenvalue weighted by atomic mass is 16.6. The molecule has 0 aromatic heterocycles. The molecule has 3 aliphatic rings. The third-order valence-corrected chi connectivity index (χ3v) is 7.13. The van der Waals surface area contributed by atoms with Gasteiger partial charge in [-0.1, -0.05) is 51.0 Å². The smallest absolute Gasteiger partial charge is 0.417 e. The molecule has 2 aliphatic heterocycles. The summed E-state index contributed by atoms with van der Waals surface area (Å²) in [6.07, 6.45) is 0.252. The SMILES string of the molecule is C=C(C)C[C@@H](O[C@@H]1C=C[C@H](O[C@H](CC(=C)C)C(=O)N2C(=O)OC[C@@H]2C(C)C)C1)C(=O)N1C(=O)OC[C@@H]1C(C)C. The largest absolute Gasteiger partial charge is 0.447 e. The van der Waals surface area contributed by atoms with Crippen LogP contribution in [0.1, 0.15) is 60.8 Å². The van der Waals surface area contributed by atoms with Gasteiger partial charge in [0.05, 0.1) is 24.3 Å². The molecule has 10 nitrogen and oxygen atoms in total. The molecule has 0 bridgehead atoms. The number of hydrogen-bond acceptors (Lipinski definition) is 8. The molecule has 2 heterocycles. The summed E-state index contributed by atoms with van der Waals surface area (Å²) in [6.45, 7) is 19.4. The topological polar surface area (TPSA) is 112 Å². The molecule has 0 aromatic rings. The predicted molar refractivity (Wildman–Crippen MR) is 144 cm³/mol. The molecule has 3 rings (SSSR count). The minimum atomic E-state index is -0.929.